The number of rotatable bonds is 5. The standard InChI is InChI=1S/C22H22O/c1-3-23-22(19-13-8-5-9-14-19)21-16-10-15-20(21)17(2)18-11-6-4-7-12-18/h4-17H,3H2,1-2H3/b22-21-. The van der Waals surface area contributed by atoms with Gasteiger partial charge < -0.3 is 4.74 Å². The Bertz CT molecular complexity index is 736. The van der Waals surface area contributed by atoms with Crippen molar-refractivity contribution in [3.05, 3.63) is 101 Å². The molecule has 0 fully saturated rings. The van der Waals surface area contributed by atoms with Gasteiger partial charge in [0.15, 0.2) is 0 Å². The maximum absolute atomic E-state index is 6.02. The molecule has 3 rings (SSSR count). The van der Waals surface area contributed by atoms with Gasteiger partial charge in [-0.15, -0.1) is 0 Å². The van der Waals surface area contributed by atoms with Crippen LogP contribution < -0.4 is 0 Å². The number of allylic oxidation sites excluding steroid dienone is 5. The van der Waals surface area contributed by atoms with Crippen LogP contribution in [0.25, 0.3) is 5.76 Å². The zero-order valence-electron chi connectivity index (χ0n) is 13.7. The van der Waals surface area contributed by atoms with Crippen LogP contribution in [0, 0.1) is 0 Å². The largest absolute Gasteiger partial charge is 0.493 e. The first-order chi connectivity index (χ1) is 11.3. The van der Waals surface area contributed by atoms with E-state index in [-0.39, 0.29) is 0 Å². The topological polar surface area (TPSA) is 9.23 Å². The molecule has 2 aromatic rings. The van der Waals surface area contributed by atoms with Crippen LogP contribution in [0.15, 0.2) is 90.0 Å². The molecule has 1 unspecified atom stereocenters. The summed E-state index contributed by atoms with van der Waals surface area (Å²) in [4.78, 5) is 0. The van der Waals surface area contributed by atoms with Gasteiger partial charge in [0.05, 0.1) is 6.61 Å². The molecule has 0 saturated heterocycles. The maximum atomic E-state index is 6.02. The van der Waals surface area contributed by atoms with Gasteiger partial charge in [-0.05, 0) is 18.1 Å². The highest BCUT2D eigenvalue weighted by atomic mass is 16.5. The molecule has 0 N–H and O–H groups in total. The third-order valence-corrected chi connectivity index (χ3v) is 4.19. The lowest BCUT2D eigenvalue weighted by atomic mass is 9.88. The predicted molar refractivity (Wildman–Crippen MR) is 97.1 cm³/mol. The minimum atomic E-state index is 0.334. The van der Waals surface area contributed by atoms with Crippen LogP contribution in [-0.2, 0) is 4.74 Å². The zero-order chi connectivity index (χ0) is 16.1. The number of benzene rings is 2. The summed E-state index contributed by atoms with van der Waals surface area (Å²) < 4.78 is 6.02. The van der Waals surface area contributed by atoms with Crippen molar-refractivity contribution in [2.24, 2.45) is 0 Å². The number of hydrogen-bond donors (Lipinski definition) is 0. The first-order valence-electron chi connectivity index (χ1n) is 8.17. The Kier molecular flexibility index (Phi) is 4.77. The van der Waals surface area contributed by atoms with Gasteiger partial charge in [-0.25, -0.2) is 0 Å². The van der Waals surface area contributed by atoms with Crippen molar-refractivity contribution in [1.82, 2.24) is 0 Å². The molecule has 1 aliphatic rings. The van der Waals surface area contributed by atoms with Crippen molar-refractivity contribution in [2.45, 2.75) is 19.8 Å². The van der Waals surface area contributed by atoms with Gasteiger partial charge in [0, 0.05) is 17.1 Å². The van der Waals surface area contributed by atoms with Gasteiger partial charge in [-0.2, -0.15) is 0 Å². The molecule has 0 radical (unpaired) electrons. The van der Waals surface area contributed by atoms with Crippen LogP contribution in [0.2, 0.25) is 0 Å². The van der Waals surface area contributed by atoms with Crippen molar-refractivity contribution < 1.29 is 4.74 Å². The van der Waals surface area contributed by atoms with Crippen LogP contribution in [0.5, 0.6) is 0 Å². The fourth-order valence-corrected chi connectivity index (χ4v) is 2.99. The molecule has 116 valence electrons. The van der Waals surface area contributed by atoms with E-state index in [0.29, 0.717) is 12.5 Å². The molecule has 2 aromatic carbocycles. The van der Waals surface area contributed by atoms with Crippen molar-refractivity contribution in [2.75, 3.05) is 6.61 Å². The Morgan fingerprint density at radius 3 is 2.26 bits per heavy atom. The molecule has 1 heteroatoms. The fourth-order valence-electron chi connectivity index (χ4n) is 2.99. The van der Waals surface area contributed by atoms with Crippen LogP contribution in [0.1, 0.15) is 30.9 Å². The fraction of sp³-hybridized carbons (Fsp3) is 0.182. The van der Waals surface area contributed by atoms with E-state index in [1.807, 2.05) is 13.0 Å². The highest BCUT2D eigenvalue weighted by Crippen LogP contribution is 2.37. The van der Waals surface area contributed by atoms with Crippen molar-refractivity contribution >= 4 is 5.76 Å². The quantitative estimate of drug-likeness (QED) is 0.640. The molecule has 0 spiro atoms. The molecule has 1 nitrogen and oxygen atoms in total. The minimum absolute atomic E-state index is 0.334. The SMILES string of the molecule is CCO/C(=C1/C=CC=C1C(C)c1ccccc1)c1ccccc1. The second-order valence-corrected chi connectivity index (χ2v) is 5.66. The van der Waals surface area contributed by atoms with Gasteiger partial charge in [0.25, 0.3) is 0 Å². The third kappa shape index (κ3) is 3.29. The summed E-state index contributed by atoms with van der Waals surface area (Å²) >= 11 is 0. The summed E-state index contributed by atoms with van der Waals surface area (Å²) in [5.41, 5.74) is 4.95. The molecule has 23 heavy (non-hydrogen) atoms. The molecule has 0 saturated carbocycles. The second kappa shape index (κ2) is 7.15. The minimum Gasteiger partial charge on any atom is -0.493 e. The average molecular weight is 302 g/mol. The molecule has 0 aliphatic heterocycles. The summed E-state index contributed by atoms with van der Waals surface area (Å²) in [5, 5.41) is 0. The van der Waals surface area contributed by atoms with E-state index in [9.17, 15) is 0 Å². The van der Waals surface area contributed by atoms with E-state index in [2.05, 4.69) is 79.7 Å². The van der Waals surface area contributed by atoms with Crippen molar-refractivity contribution in [3.63, 3.8) is 0 Å². The first-order valence-corrected chi connectivity index (χ1v) is 8.17. The van der Waals surface area contributed by atoms with Gasteiger partial charge >= 0.3 is 0 Å². The van der Waals surface area contributed by atoms with E-state index in [1.165, 1.54) is 16.7 Å². The lowest BCUT2D eigenvalue weighted by Crippen LogP contribution is -2.03. The summed E-state index contributed by atoms with van der Waals surface area (Å²) in [6.45, 7) is 4.95. The highest BCUT2D eigenvalue weighted by molar-refractivity contribution is 5.74. The van der Waals surface area contributed by atoms with Crippen LogP contribution in [0.4, 0.5) is 0 Å². The molecule has 0 amide bonds. The average Bonchev–Trinajstić information content (AvgIpc) is 3.10. The normalized spacial score (nSPS) is 16.9. The predicted octanol–water partition coefficient (Wildman–Crippen LogP) is 5.73. The molecule has 1 aliphatic carbocycles. The summed E-state index contributed by atoms with van der Waals surface area (Å²) in [6, 6.07) is 21.0. The summed E-state index contributed by atoms with van der Waals surface area (Å²) in [6.07, 6.45) is 6.48. The number of hydrogen-bond acceptors (Lipinski definition) is 1. The smallest absolute Gasteiger partial charge is 0.134 e. The van der Waals surface area contributed by atoms with E-state index >= 15 is 0 Å². The molecule has 0 aromatic heterocycles. The Labute approximate surface area is 138 Å². The molecule has 1 atom stereocenters. The Hall–Kier alpha value is -2.54. The monoisotopic (exact) mass is 302 g/mol. The van der Waals surface area contributed by atoms with Crippen LogP contribution in [-0.4, -0.2) is 6.61 Å². The van der Waals surface area contributed by atoms with E-state index < -0.39 is 0 Å². The Morgan fingerprint density at radius 2 is 1.61 bits per heavy atom. The zero-order valence-corrected chi connectivity index (χ0v) is 13.7. The first kappa shape index (κ1) is 15.4. The van der Waals surface area contributed by atoms with Crippen LogP contribution >= 0.6 is 0 Å². The van der Waals surface area contributed by atoms with Gasteiger partial charge in [0.1, 0.15) is 5.76 Å². The van der Waals surface area contributed by atoms with Gasteiger partial charge in [0.2, 0.25) is 0 Å². The maximum Gasteiger partial charge on any atom is 0.134 e. The molecular formula is C22H22O. The van der Waals surface area contributed by atoms with Crippen molar-refractivity contribution in [3.8, 4) is 0 Å². The summed E-state index contributed by atoms with van der Waals surface area (Å²) in [5.74, 6) is 1.30. The van der Waals surface area contributed by atoms with E-state index in [1.54, 1.807) is 0 Å². The van der Waals surface area contributed by atoms with E-state index in [0.717, 1.165) is 11.3 Å². The van der Waals surface area contributed by atoms with Gasteiger partial charge in [-0.1, -0.05) is 85.8 Å². The molecular weight excluding hydrogens is 280 g/mol. The van der Waals surface area contributed by atoms with Crippen molar-refractivity contribution in [1.29, 1.82) is 0 Å². The molecule has 0 heterocycles. The highest BCUT2D eigenvalue weighted by Gasteiger charge is 2.21. The lowest BCUT2D eigenvalue weighted by Gasteiger charge is -2.19. The Morgan fingerprint density at radius 1 is 0.957 bits per heavy atom. The second-order valence-electron chi connectivity index (χ2n) is 5.66. The van der Waals surface area contributed by atoms with Gasteiger partial charge in [-0.3, -0.25) is 0 Å². The third-order valence-electron chi connectivity index (χ3n) is 4.19. The summed E-state index contributed by atoms with van der Waals surface area (Å²) in [7, 11) is 0. The Balaban J connectivity index is 2.02. The number of ether oxygens (including phenoxy) is 1. The van der Waals surface area contributed by atoms with E-state index in [4.69, 9.17) is 4.74 Å². The lowest BCUT2D eigenvalue weighted by molar-refractivity contribution is 0.296. The molecule has 0 bridgehead atoms. The van der Waals surface area contributed by atoms with Crippen LogP contribution in [0.3, 0.4) is 0 Å².